The molecule has 0 radical (unpaired) electrons. The molecule has 0 aliphatic rings. The summed E-state index contributed by atoms with van der Waals surface area (Å²) in [6.07, 6.45) is 1.36. The van der Waals surface area contributed by atoms with Gasteiger partial charge in [0.1, 0.15) is 5.03 Å². The lowest BCUT2D eigenvalue weighted by Gasteiger charge is -2.03. The maximum atomic E-state index is 9.01. The number of aliphatic hydroxyl groups is 1. The Kier molecular flexibility index (Phi) is 3.85. The number of pyridine rings is 1. The summed E-state index contributed by atoms with van der Waals surface area (Å²) in [5.74, 6) is 0.622. The average Bonchev–Trinajstić information content (AvgIpc) is 2.03. The highest BCUT2D eigenvalue weighted by Gasteiger charge is 2.02. The third kappa shape index (κ3) is 3.01. The summed E-state index contributed by atoms with van der Waals surface area (Å²) in [6, 6.07) is 3.58. The Labute approximate surface area is 81.0 Å². The molecular formula is C8H10ClNOS. The SMILES string of the molecule is C[C@H](O)CSc1ncccc1Cl. The maximum Gasteiger partial charge on any atom is 0.115 e. The smallest absolute Gasteiger partial charge is 0.115 e. The van der Waals surface area contributed by atoms with E-state index in [0.29, 0.717) is 10.8 Å². The average molecular weight is 204 g/mol. The number of nitrogens with zero attached hydrogens (tertiary/aromatic N) is 1. The summed E-state index contributed by atoms with van der Waals surface area (Å²) in [6.45, 7) is 1.74. The largest absolute Gasteiger partial charge is 0.393 e. The fourth-order valence-electron chi connectivity index (χ4n) is 0.677. The number of rotatable bonds is 3. The first-order valence-corrected chi connectivity index (χ1v) is 4.98. The standard InChI is InChI=1S/C8H10ClNOS/c1-6(11)5-12-8-7(9)3-2-4-10-8/h2-4,6,11H,5H2,1H3/t6-/m0/s1. The van der Waals surface area contributed by atoms with Crippen LogP contribution in [0.3, 0.4) is 0 Å². The molecule has 1 rings (SSSR count). The molecule has 0 saturated carbocycles. The fourth-order valence-corrected chi connectivity index (χ4v) is 1.70. The summed E-state index contributed by atoms with van der Waals surface area (Å²) in [5.41, 5.74) is 0. The second-order valence-corrected chi connectivity index (χ2v) is 3.87. The molecule has 0 amide bonds. The van der Waals surface area contributed by atoms with E-state index in [4.69, 9.17) is 16.7 Å². The zero-order chi connectivity index (χ0) is 8.97. The fraction of sp³-hybridized carbons (Fsp3) is 0.375. The highest BCUT2D eigenvalue weighted by atomic mass is 35.5. The van der Waals surface area contributed by atoms with Gasteiger partial charge in [0.25, 0.3) is 0 Å². The lowest BCUT2D eigenvalue weighted by molar-refractivity contribution is 0.220. The van der Waals surface area contributed by atoms with Crippen molar-refractivity contribution in [3.8, 4) is 0 Å². The third-order valence-electron chi connectivity index (χ3n) is 1.19. The van der Waals surface area contributed by atoms with Gasteiger partial charge >= 0.3 is 0 Å². The first-order valence-electron chi connectivity index (χ1n) is 3.61. The number of thioether (sulfide) groups is 1. The zero-order valence-electron chi connectivity index (χ0n) is 6.70. The van der Waals surface area contributed by atoms with Gasteiger partial charge in [-0.25, -0.2) is 4.98 Å². The number of hydrogen-bond donors (Lipinski definition) is 1. The van der Waals surface area contributed by atoms with Crippen molar-refractivity contribution in [2.24, 2.45) is 0 Å². The second-order valence-electron chi connectivity index (χ2n) is 2.45. The molecule has 1 aromatic rings. The summed E-state index contributed by atoms with van der Waals surface area (Å²) in [5, 5.41) is 10.4. The van der Waals surface area contributed by atoms with E-state index in [1.54, 1.807) is 25.3 Å². The molecule has 2 nitrogen and oxygen atoms in total. The van der Waals surface area contributed by atoms with Gasteiger partial charge in [-0.15, -0.1) is 11.8 Å². The van der Waals surface area contributed by atoms with E-state index < -0.39 is 0 Å². The molecule has 0 aliphatic carbocycles. The topological polar surface area (TPSA) is 33.1 Å². The Bertz CT molecular complexity index is 255. The monoisotopic (exact) mass is 203 g/mol. The van der Waals surface area contributed by atoms with E-state index >= 15 is 0 Å². The van der Waals surface area contributed by atoms with Crippen LogP contribution in [0, 0.1) is 0 Å². The van der Waals surface area contributed by atoms with Gasteiger partial charge in [-0.05, 0) is 19.1 Å². The van der Waals surface area contributed by atoms with Crippen molar-refractivity contribution >= 4 is 23.4 Å². The highest BCUT2D eigenvalue weighted by molar-refractivity contribution is 7.99. The minimum absolute atomic E-state index is 0.326. The number of aliphatic hydroxyl groups excluding tert-OH is 1. The van der Waals surface area contributed by atoms with Gasteiger partial charge in [0.2, 0.25) is 0 Å². The van der Waals surface area contributed by atoms with Gasteiger partial charge in [-0.3, -0.25) is 0 Å². The minimum Gasteiger partial charge on any atom is -0.393 e. The molecule has 0 aromatic carbocycles. The van der Waals surface area contributed by atoms with Gasteiger partial charge in [0.15, 0.2) is 0 Å². The van der Waals surface area contributed by atoms with Gasteiger partial charge in [0.05, 0.1) is 11.1 Å². The molecular weight excluding hydrogens is 194 g/mol. The molecule has 0 aliphatic heterocycles. The molecule has 0 saturated heterocycles. The Hall–Kier alpha value is -0.250. The zero-order valence-corrected chi connectivity index (χ0v) is 8.27. The summed E-state index contributed by atoms with van der Waals surface area (Å²) < 4.78 is 0. The van der Waals surface area contributed by atoms with Crippen LogP contribution in [0.15, 0.2) is 23.4 Å². The van der Waals surface area contributed by atoms with Crippen LogP contribution in [0.2, 0.25) is 5.02 Å². The van der Waals surface area contributed by atoms with E-state index in [9.17, 15) is 0 Å². The summed E-state index contributed by atoms with van der Waals surface area (Å²) in [7, 11) is 0. The van der Waals surface area contributed by atoms with Gasteiger partial charge in [-0.1, -0.05) is 11.6 Å². The molecule has 12 heavy (non-hydrogen) atoms. The second kappa shape index (κ2) is 4.70. The predicted molar refractivity (Wildman–Crippen MR) is 51.7 cm³/mol. The maximum absolute atomic E-state index is 9.01. The van der Waals surface area contributed by atoms with Crippen molar-refractivity contribution in [2.45, 2.75) is 18.1 Å². The van der Waals surface area contributed by atoms with Crippen LogP contribution in [0.4, 0.5) is 0 Å². The van der Waals surface area contributed by atoms with Crippen molar-refractivity contribution in [1.29, 1.82) is 0 Å². The first-order chi connectivity index (χ1) is 5.70. The van der Waals surface area contributed by atoms with Crippen molar-refractivity contribution in [3.05, 3.63) is 23.4 Å². The van der Waals surface area contributed by atoms with Crippen LogP contribution in [0.25, 0.3) is 0 Å². The van der Waals surface area contributed by atoms with Crippen LogP contribution in [-0.4, -0.2) is 21.9 Å². The van der Waals surface area contributed by atoms with E-state index in [-0.39, 0.29) is 6.10 Å². The van der Waals surface area contributed by atoms with Crippen LogP contribution in [0.5, 0.6) is 0 Å². The molecule has 0 spiro atoms. The number of halogens is 1. The molecule has 1 aromatic heterocycles. The number of aromatic nitrogens is 1. The molecule has 0 fully saturated rings. The van der Waals surface area contributed by atoms with Crippen molar-refractivity contribution in [2.75, 3.05) is 5.75 Å². The molecule has 66 valence electrons. The van der Waals surface area contributed by atoms with Crippen molar-refractivity contribution < 1.29 is 5.11 Å². The lowest BCUT2D eigenvalue weighted by Crippen LogP contribution is -2.02. The van der Waals surface area contributed by atoms with Crippen LogP contribution < -0.4 is 0 Å². The van der Waals surface area contributed by atoms with Crippen LogP contribution >= 0.6 is 23.4 Å². The molecule has 1 N–H and O–H groups in total. The molecule has 0 bridgehead atoms. The quantitative estimate of drug-likeness (QED) is 0.765. The van der Waals surface area contributed by atoms with Crippen molar-refractivity contribution in [1.82, 2.24) is 4.98 Å². The van der Waals surface area contributed by atoms with E-state index in [2.05, 4.69) is 4.98 Å². The van der Waals surface area contributed by atoms with E-state index in [1.165, 1.54) is 11.8 Å². The van der Waals surface area contributed by atoms with Gasteiger partial charge in [-0.2, -0.15) is 0 Å². The number of hydrogen-bond acceptors (Lipinski definition) is 3. The van der Waals surface area contributed by atoms with Crippen LogP contribution in [-0.2, 0) is 0 Å². The minimum atomic E-state index is -0.326. The van der Waals surface area contributed by atoms with Crippen molar-refractivity contribution in [3.63, 3.8) is 0 Å². The Morgan fingerprint density at radius 3 is 3.08 bits per heavy atom. The Morgan fingerprint density at radius 1 is 1.75 bits per heavy atom. The Balaban J connectivity index is 2.57. The normalized spacial score (nSPS) is 12.9. The third-order valence-corrected chi connectivity index (χ3v) is 2.85. The molecule has 0 unspecified atom stereocenters. The Morgan fingerprint density at radius 2 is 2.50 bits per heavy atom. The lowest BCUT2D eigenvalue weighted by atomic mass is 10.5. The first kappa shape index (κ1) is 9.84. The van der Waals surface area contributed by atoms with Gasteiger partial charge in [0, 0.05) is 11.9 Å². The van der Waals surface area contributed by atoms with Gasteiger partial charge < -0.3 is 5.11 Å². The summed E-state index contributed by atoms with van der Waals surface area (Å²) in [4.78, 5) is 4.07. The molecule has 1 atom stereocenters. The molecule has 1 heterocycles. The van der Waals surface area contributed by atoms with Crippen LogP contribution in [0.1, 0.15) is 6.92 Å². The van der Waals surface area contributed by atoms with E-state index in [0.717, 1.165) is 5.03 Å². The van der Waals surface area contributed by atoms with E-state index in [1.807, 2.05) is 0 Å². The predicted octanol–water partition coefficient (Wildman–Crippen LogP) is 2.21. The highest BCUT2D eigenvalue weighted by Crippen LogP contribution is 2.24. The summed E-state index contributed by atoms with van der Waals surface area (Å²) >= 11 is 7.30. The molecule has 4 heteroatoms.